The number of carbonyl (C=O) groups excluding carboxylic acids is 1. The molecule has 1 aliphatic heterocycles. The van der Waals surface area contributed by atoms with Crippen LogP contribution in [0, 0.1) is 0 Å². The van der Waals surface area contributed by atoms with Crippen LogP contribution in [0.15, 0.2) is 79.1 Å². The molecule has 2 aromatic carbocycles. The zero-order valence-corrected chi connectivity index (χ0v) is 18.0. The van der Waals surface area contributed by atoms with Crippen molar-refractivity contribution in [2.24, 2.45) is 0 Å². The molecule has 3 aromatic rings. The third-order valence-corrected chi connectivity index (χ3v) is 6.19. The Morgan fingerprint density at radius 1 is 1.06 bits per heavy atom. The van der Waals surface area contributed by atoms with Crippen molar-refractivity contribution in [3.05, 3.63) is 90.3 Å². The van der Waals surface area contributed by atoms with Crippen molar-refractivity contribution in [1.29, 1.82) is 0 Å². The average molecular weight is 431 g/mol. The number of benzene rings is 2. The Morgan fingerprint density at radius 3 is 2.34 bits per heavy atom. The molecule has 0 aliphatic carbocycles. The lowest BCUT2D eigenvalue weighted by atomic mass is 9.84. The van der Waals surface area contributed by atoms with E-state index in [4.69, 9.17) is 4.74 Å². The molecule has 1 aliphatic rings. The average Bonchev–Trinajstić information content (AvgIpc) is 2.83. The number of aromatic nitrogens is 1. The molecule has 2 atom stereocenters. The number of amides is 1. The van der Waals surface area contributed by atoms with Gasteiger partial charge in [0.25, 0.3) is 0 Å². The number of rotatable bonds is 7. The van der Waals surface area contributed by atoms with Gasteiger partial charge in [0.2, 0.25) is 0 Å². The van der Waals surface area contributed by atoms with Gasteiger partial charge in [0.15, 0.2) is 0 Å². The van der Waals surface area contributed by atoms with Crippen LogP contribution in [0.25, 0.3) is 11.1 Å². The second kappa shape index (κ2) is 9.22. The first-order chi connectivity index (χ1) is 15.5. The lowest BCUT2D eigenvalue weighted by molar-refractivity contribution is -0.139. The first kappa shape index (κ1) is 21.6. The summed E-state index contributed by atoms with van der Waals surface area (Å²) in [6.07, 6.45) is 3.83. The van der Waals surface area contributed by atoms with Gasteiger partial charge in [0.05, 0.1) is 6.04 Å². The number of carboxylic acids is 1. The van der Waals surface area contributed by atoms with Gasteiger partial charge < -0.3 is 14.7 Å². The third-order valence-electron chi connectivity index (χ3n) is 6.19. The smallest absolute Gasteiger partial charge is 0.411 e. The van der Waals surface area contributed by atoms with Gasteiger partial charge in [-0.3, -0.25) is 9.78 Å². The van der Waals surface area contributed by atoms with Crippen LogP contribution in [0.3, 0.4) is 0 Å². The molecule has 1 N–H and O–H groups in total. The number of ether oxygens (including phenoxy) is 1. The first-order valence-corrected chi connectivity index (χ1v) is 10.8. The molecule has 6 nitrogen and oxygen atoms in total. The van der Waals surface area contributed by atoms with Gasteiger partial charge >= 0.3 is 12.1 Å². The maximum atomic E-state index is 13.1. The van der Waals surface area contributed by atoms with E-state index in [0.717, 1.165) is 22.3 Å². The van der Waals surface area contributed by atoms with E-state index in [1.54, 1.807) is 17.3 Å². The minimum Gasteiger partial charge on any atom is -0.481 e. The van der Waals surface area contributed by atoms with Gasteiger partial charge in [-0.2, -0.15) is 0 Å². The van der Waals surface area contributed by atoms with Crippen molar-refractivity contribution in [2.45, 2.75) is 37.8 Å². The Kier molecular flexibility index (Phi) is 6.21. The van der Waals surface area contributed by atoms with Gasteiger partial charge in [0.1, 0.15) is 5.60 Å². The van der Waals surface area contributed by atoms with Gasteiger partial charge in [-0.25, -0.2) is 4.79 Å². The Balaban J connectivity index is 1.51. The summed E-state index contributed by atoms with van der Waals surface area (Å²) in [4.78, 5) is 30.1. The number of aliphatic carboxylic acids is 1. The van der Waals surface area contributed by atoms with Gasteiger partial charge in [-0.1, -0.05) is 54.6 Å². The molecule has 0 unspecified atom stereocenters. The number of pyridine rings is 1. The van der Waals surface area contributed by atoms with Crippen LogP contribution in [0.2, 0.25) is 0 Å². The maximum absolute atomic E-state index is 13.1. The molecule has 1 amide bonds. The largest absolute Gasteiger partial charge is 0.481 e. The monoisotopic (exact) mass is 430 g/mol. The summed E-state index contributed by atoms with van der Waals surface area (Å²) in [7, 11) is 0. The van der Waals surface area contributed by atoms with Crippen LogP contribution in [0.5, 0.6) is 0 Å². The van der Waals surface area contributed by atoms with E-state index in [1.807, 2.05) is 73.7 Å². The van der Waals surface area contributed by atoms with E-state index >= 15 is 0 Å². The van der Waals surface area contributed by atoms with Crippen molar-refractivity contribution in [3.8, 4) is 11.1 Å². The molecule has 1 aromatic heterocycles. The lowest BCUT2D eigenvalue weighted by Crippen LogP contribution is -2.48. The third kappa shape index (κ3) is 4.49. The molecule has 164 valence electrons. The summed E-state index contributed by atoms with van der Waals surface area (Å²) < 4.78 is 5.98. The van der Waals surface area contributed by atoms with E-state index < -0.39 is 17.7 Å². The molecule has 6 heteroatoms. The molecule has 1 saturated heterocycles. The number of hydrogen-bond acceptors (Lipinski definition) is 4. The summed E-state index contributed by atoms with van der Waals surface area (Å²) in [6.45, 7) is 2.47. The van der Waals surface area contributed by atoms with E-state index in [-0.39, 0.29) is 18.9 Å². The predicted molar refractivity (Wildman–Crippen MR) is 121 cm³/mol. The zero-order valence-electron chi connectivity index (χ0n) is 18.0. The van der Waals surface area contributed by atoms with Crippen LogP contribution in [-0.2, 0) is 15.1 Å². The fraction of sp³-hybridized carbons (Fsp3) is 0.269. The molecule has 2 heterocycles. The number of hydrogen-bond donors (Lipinski definition) is 1. The molecule has 32 heavy (non-hydrogen) atoms. The molecular formula is C26H26N2O4. The first-order valence-electron chi connectivity index (χ1n) is 10.8. The molecule has 1 fully saturated rings. The number of carboxylic acid groups (broad SMARTS) is 1. The van der Waals surface area contributed by atoms with Gasteiger partial charge in [0, 0.05) is 38.2 Å². The highest BCUT2D eigenvalue weighted by atomic mass is 16.6. The Morgan fingerprint density at radius 2 is 1.72 bits per heavy atom. The summed E-state index contributed by atoms with van der Waals surface area (Å²) in [6, 6.07) is 21.3. The van der Waals surface area contributed by atoms with Crippen molar-refractivity contribution >= 4 is 12.1 Å². The highest BCUT2D eigenvalue weighted by Crippen LogP contribution is 2.40. The zero-order chi connectivity index (χ0) is 22.6. The summed E-state index contributed by atoms with van der Waals surface area (Å²) >= 11 is 0. The highest BCUT2D eigenvalue weighted by molar-refractivity contribution is 5.71. The van der Waals surface area contributed by atoms with E-state index in [9.17, 15) is 14.7 Å². The van der Waals surface area contributed by atoms with Crippen LogP contribution in [0.1, 0.15) is 43.4 Å². The molecular weight excluding hydrogens is 404 g/mol. The van der Waals surface area contributed by atoms with Crippen LogP contribution in [0.4, 0.5) is 4.79 Å². The second-order valence-electron chi connectivity index (χ2n) is 8.10. The molecule has 0 bridgehead atoms. The van der Waals surface area contributed by atoms with Crippen molar-refractivity contribution in [2.75, 3.05) is 6.54 Å². The number of nitrogens with zero attached hydrogens (tertiary/aromatic N) is 2. The van der Waals surface area contributed by atoms with Crippen molar-refractivity contribution in [3.63, 3.8) is 0 Å². The van der Waals surface area contributed by atoms with E-state index in [2.05, 4.69) is 4.98 Å². The Hall–Kier alpha value is -3.67. The minimum absolute atomic E-state index is 0.0613. The van der Waals surface area contributed by atoms with Crippen LogP contribution in [-0.4, -0.2) is 33.6 Å². The summed E-state index contributed by atoms with van der Waals surface area (Å²) in [5.74, 6) is -0.901. The second-order valence-corrected chi connectivity index (χ2v) is 8.10. The molecule has 4 rings (SSSR count). The molecule has 0 spiro atoms. The van der Waals surface area contributed by atoms with Crippen LogP contribution < -0.4 is 0 Å². The summed E-state index contributed by atoms with van der Waals surface area (Å²) in [5.41, 5.74) is 3.10. The standard InChI is InChI=1S/C26H26N2O4/c1-19(20-7-9-21(10-8-20)22-12-16-27-17-13-22)28-18-15-26(32-25(28)31,14-11-24(29)30)23-5-3-2-4-6-23/h2-10,12-13,16-17,19H,11,14-15,18H2,1H3,(H,29,30)/t19-,26-/m0/s1. The molecule has 0 radical (unpaired) electrons. The topological polar surface area (TPSA) is 79.7 Å². The van der Waals surface area contributed by atoms with Crippen LogP contribution >= 0.6 is 0 Å². The number of carbonyl (C=O) groups is 2. The highest BCUT2D eigenvalue weighted by Gasteiger charge is 2.43. The SMILES string of the molecule is C[C@@H](c1ccc(-c2ccncc2)cc1)N1CC[C@@](CCC(=O)O)(c2ccccc2)OC1=O. The van der Waals surface area contributed by atoms with E-state index in [1.165, 1.54) is 0 Å². The normalized spacial score (nSPS) is 19.3. The fourth-order valence-corrected chi connectivity index (χ4v) is 4.27. The molecule has 0 saturated carbocycles. The maximum Gasteiger partial charge on any atom is 0.411 e. The fourth-order valence-electron chi connectivity index (χ4n) is 4.27. The summed E-state index contributed by atoms with van der Waals surface area (Å²) in [5, 5.41) is 9.21. The van der Waals surface area contributed by atoms with Crippen molar-refractivity contribution in [1.82, 2.24) is 9.88 Å². The quantitative estimate of drug-likeness (QED) is 0.542. The minimum atomic E-state index is -0.918. The van der Waals surface area contributed by atoms with E-state index in [0.29, 0.717) is 13.0 Å². The van der Waals surface area contributed by atoms with Gasteiger partial charge in [-0.15, -0.1) is 0 Å². The Bertz CT molecular complexity index is 1070. The number of cyclic esters (lactones) is 1. The predicted octanol–water partition coefficient (Wildman–Crippen LogP) is 5.41. The lowest BCUT2D eigenvalue weighted by Gasteiger charge is -2.43. The van der Waals surface area contributed by atoms with Crippen molar-refractivity contribution < 1.29 is 19.4 Å². The van der Waals surface area contributed by atoms with Gasteiger partial charge in [-0.05, 0) is 41.3 Å². The Labute approximate surface area is 187 Å².